The van der Waals surface area contributed by atoms with Gasteiger partial charge >= 0.3 is 0 Å². The van der Waals surface area contributed by atoms with E-state index in [-0.39, 0.29) is 11.3 Å². The molecule has 0 unspecified atom stereocenters. The first-order valence-electron chi connectivity index (χ1n) is 7.67. The second-order valence-electron chi connectivity index (χ2n) is 5.60. The van der Waals surface area contributed by atoms with Gasteiger partial charge in [0, 0.05) is 16.5 Å². The summed E-state index contributed by atoms with van der Waals surface area (Å²) in [4.78, 5) is 19.7. The summed E-state index contributed by atoms with van der Waals surface area (Å²) in [5.74, 6) is 0.136. The van der Waals surface area contributed by atoms with Gasteiger partial charge in [-0.3, -0.25) is 4.79 Å². The summed E-state index contributed by atoms with van der Waals surface area (Å²) in [6.07, 6.45) is 2.58. The molecule has 2 N–H and O–H groups in total. The van der Waals surface area contributed by atoms with Crippen LogP contribution < -0.4 is 10.3 Å². The van der Waals surface area contributed by atoms with Gasteiger partial charge in [0.2, 0.25) is 0 Å². The van der Waals surface area contributed by atoms with Crippen molar-refractivity contribution in [3.05, 3.63) is 64.5 Å². The number of phenolic OH excluding ortho intramolecular Hbond substituents is 1. The van der Waals surface area contributed by atoms with Crippen molar-refractivity contribution in [1.29, 1.82) is 0 Å². The molecular weight excluding hydrogens is 339 g/mol. The molecule has 0 aliphatic rings. The lowest BCUT2D eigenvalue weighted by Crippen LogP contribution is -2.17. The third-order valence-electron chi connectivity index (χ3n) is 4.01. The number of aromatic nitrogens is 3. The first-order valence-corrected chi connectivity index (χ1v) is 7.67. The van der Waals surface area contributed by atoms with Crippen molar-refractivity contribution in [3.8, 4) is 11.5 Å². The molecule has 2 heterocycles. The number of methoxy groups -OCH3 is 1. The van der Waals surface area contributed by atoms with Crippen LogP contribution in [0, 0.1) is 5.82 Å². The summed E-state index contributed by atoms with van der Waals surface area (Å²) in [5.41, 5.74) is 1.15. The molecule has 0 aliphatic carbocycles. The van der Waals surface area contributed by atoms with Gasteiger partial charge in [-0.1, -0.05) is 0 Å². The van der Waals surface area contributed by atoms with Gasteiger partial charge in [-0.05, 0) is 36.4 Å². The second kappa shape index (κ2) is 5.99. The van der Waals surface area contributed by atoms with Crippen molar-refractivity contribution in [2.75, 3.05) is 7.11 Å². The first-order chi connectivity index (χ1) is 12.6. The fourth-order valence-electron chi connectivity index (χ4n) is 2.69. The summed E-state index contributed by atoms with van der Waals surface area (Å²) in [6, 6.07) is 8.84. The van der Waals surface area contributed by atoms with E-state index in [0.717, 1.165) is 4.68 Å². The molecule has 0 atom stereocenters. The maximum absolute atomic E-state index is 13.4. The number of phenols is 1. The molecule has 2 aromatic heterocycles. The summed E-state index contributed by atoms with van der Waals surface area (Å²) in [5, 5.41) is 14.5. The lowest BCUT2D eigenvalue weighted by atomic mass is 10.2. The van der Waals surface area contributed by atoms with E-state index in [1.54, 1.807) is 18.2 Å². The van der Waals surface area contributed by atoms with Crippen LogP contribution in [0.2, 0.25) is 0 Å². The van der Waals surface area contributed by atoms with Crippen LogP contribution in [-0.2, 0) is 0 Å². The van der Waals surface area contributed by atoms with Crippen LogP contribution in [0.25, 0.3) is 21.9 Å². The highest BCUT2D eigenvalue weighted by molar-refractivity contribution is 6.04. The van der Waals surface area contributed by atoms with Gasteiger partial charge in [0.25, 0.3) is 5.56 Å². The van der Waals surface area contributed by atoms with Gasteiger partial charge in [-0.25, -0.2) is 9.37 Å². The van der Waals surface area contributed by atoms with Crippen LogP contribution in [0.1, 0.15) is 5.56 Å². The molecule has 0 fully saturated rings. The first kappa shape index (κ1) is 15.8. The van der Waals surface area contributed by atoms with E-state index in [9.17, 15) is 14.3 Å². The van der Waals surface area contributed by atoms with Crippen molar-refractivity contribution in [3.63, 3.8) is 0 Å². The van der Waals surface area contributed by atoms with Gasteiger partial charge in [-0.2, -0.15) is 9.78 Å². The maximum atomic E-state index is 13.4. The number of benzene rings is 2. The number of aromatic amines is 1. The fourth-order valence-corrected chi connectivity index (χ4v) is 2.69. The predicted octanol–water partition coefficient (Wildman–Crippen LogP) is 2.61. The lowest BCUT2D eigenvalue weighted by molar-refractivity contribution is 0.412. The number of aromatic hydroxyl groups is 1. The van der Waals surface area contributed by atoms with E-state index < -0.39 is 11.4 Å². The van der Waals surface area contributed by atoms with Crippen molar-refractivity contribution in [2.45, 2.75) is 0 Å². The molecule has 130 valence electrons. The Hall–Kier alpha value is -3.68. The Balaban J connectivity index is 1.82. The Labute approximate surface area is 146 Å². The molecular formula is C18H13FN4O3. The topological polar surface area (TPSA) is 92.5 Å². The van der Waals surface area contributed by atoms with Crippen molar-refractivity contribution >= 4 is 28.2 Å². The number of ether oxygens (including phenoxy) is 1. The van der Waals surface area contributed by atoms with Gasteiger partial charge < -0.3 is 14.8 Å². The van der Waals surface area contributed by atoms with Gasteiger partial charge in [0.1, 0.15) is 34.7 Å². The molecule has 0 bridgehead atoms. The number of halogens is 1. The average Bonchev–Trinajstić information content (AvgIpc) is 3.01. The normalized spacial score (nSPS) is 11.6. The quantitative estimate of drug-likeness (QED) is 0.554. The highest BCUT2D eigenvalue weighted by Crippen LogP contribution is 2.23. The molecule has 7 nitrogen and oxygen atoms in total. The number of hydrogen-bond donors (Lipinski definition) is 2. The van der Waals surface area contributed by atoms with Gasteiger partial charge in [0.05, 0.1) is 13.3 Å². The number of hydrogen-bond acceptors (Lipinski definition) is 5. The van der Waals surface area contributed by atoms with Crippen LogP contribution in [0.3, 0.4) is 0 Å². The summed E-state index contributed by atoms with van der Waals surface area (Å²) < 4.78 is 19.6. The van der Waals surface area contributed by atoms with Gasteiger partial charge in [-0.15, -0.1) is 0 Å². The minimum atomic E-state index is -0.440. The number of H-pyrrole nitrogens is 1. The van der Waals surface area contributed by atoms with E-state index >= 15 is 0 Å². The molecule has 2 aromatic carbocycles. The molecule has 0 radical (unpaired) electrons. The maximum Gasteiger partial charge on any atom is 0.298 e. The molecule has 0 amide bonds. The zero-order valence-corrected chi connectivity index (χ0v) is 13.6. The minimum absolute atomic E-state index is 0.00211. The van der Waals surface area contributed by atoms with Crippen LogP contribution in [0.15, 0.2) is 52.6 Å². The molecule has 0 saturated carbocycles. The highest BCUT2D eigenvalue weighted by atomic mass is 19.1. The number of nitrogens with one attached hydrogen (secondary N) is 1. The van der Waals surface area contributed by atoms with Crippen LogP contribution in [-0.4, -0.2) is 33.1 Å². The van der Waals surface area contributed by atoms with Crippen molar-refractivity contribution in [2.24, 2.45) is 5.10 Å². The molecule has 26 heavy (non-hydrogen) atoms. The summed E-state index contributed by atoms with van der Waals surface area (Å²) in [7, 11) is 1.51. The van der Waals surface area contributed by atoms with E-state index in [0.29, 0.717) is 27.7 Å². The number of nitrogens with zero attached hydrogens (tertiary/aromatic N) is 3. The van der Waals surface area contributed by atoms with E-state index in [1.165, 1.54) is 37.9 Å². The Morgan fingerprint density at radius 2 is 2.15 bits per heavy atom. The SMILES string of the molecule is COc1ccc(O)c(/C=N\n2cnc3c([nH]c4ccc(F)cc43)c2=O)c1. The molecule has 8 heteroatoms. The standard InChI is InChI=1S/C18H13FN4O3/c1-26-12-3-5-15(24)10(6-12)8-21-23-9-20-16-13-7-11(19)2-4-14(13)22-17(16)18(23)25/h2-9,22,24H,1H3/b21-8-. The third kappa shape index (κ3) is 2.57. The molecule has 0 spiro atoms. The second-order valence-corrected chi connectivity index (χ2v) is 5.60. The highest BCUT2D eigenvalue weighted by Gasteiger charge is 2.11. The minimum Gasteiger partial charge on any atom is -0.507 e. The lowest BCUT2D eigenvalue weighted by Gasteiger charge is -2.03. The zero-order valence-electron chi connectivity index (χ0n) is 13.6. The molecule has 0 aliphatic heterocycles. The zero-order chi connectivity index (χ0) is 18.3. The molecule has 0 saturated heterocycles. The Morgan fingerprint density at radius 1 is 1.31 bits per heavy atom. The number of rotatable bonds is 3. The van der Waals surface area contributed by atoms with E-state index in [1.807, 2.05) is 0 Å². The average molecular weight is 352 g/mol. The largest absolute Gasteiger partial charge is 0.507 e. The Kier molecular flexibility index (Phi) is 3.65. The fraction of sp³-hybridized carbons (Fsp3) is 0.0556. The van der Waals surface area contributed by atoms with Crippen LogP contribution in [0.5, 0.6) is 11.5 Å². The Morgan fingerprint density at radius 3 is 2.96 bits per heavy atom. The van der Waals surface area contributed by atoms with Crippen molar-refractivity contribution < 1.29 is 14.2 Å². The Bertz CT molecular complexity index is 1230. The summed E-state index contributed by atoms with van der Waals surface area (Å²) in [6.45, 7) is 0. The van der Waals surface area contributed by atoms with E-state index in [2.05, 4.69) is 15.1 Å². The predicted molar refractivity (Wildman–Crippen MR) is 95.5 cm³/mol. The monoisotopic (exact) mass is 352 g/mol. The van der Waals surface area contributed by atoms with Crippen molar-refractivity contribution in [1.82, 2.24) is 14.6 Å². The molecule has 4 rings (SSSR count). The van der Waals surface area contributed by atoms with E-state index in [4.69, 9.17) is 4.74 Å². The van der Waals surface area contributed by atoms with Crippen LogP contribution in [0.4, 0.5) is 4.39 Å². The number of fused-ring (bicyclic) bond motifs is 3. The molecule has 4 aromatic rings. The smallest absolute Gasteiger partial charge is 0.298 e. The van der Waals surface area contributed by atoms with Gasteiger partial charge in [0.15, 0.2) is 0 Å². The third-order valence-corrected chi connectivity index (χ3v) is 4.01. The van der Waals surface area contributed by atoms with Crippen LogP contribution >= 0.6 is 0 Å². The summed E-state index contributed by atoms with van der Waals surface area (Å²) >= 11 is 0.